The Hall–Kier alpha value is -1.96. The lowest BCUT2D eigenvalue weighted by atomic mass is 9.76. The van der Waals surface area contributed by atoms with E-state index in [0.29, 0.717) is 11.5 Å². The van der Waals surface area contributed by atoms with Gasteiger partial charge in [0.05, 0.1) is 0 Å². The molecule has 0 aliphatic heterocycles. The van der Waals surface area contributed by atoms with Crippen molar-refractivity contribution < 1.29 is 10.2 Å². The Morgan fingerprint density at radius 3 is 0.633 bits per heavy atom. The van der Waals surface area contributed by atoms with E-state index in [1.165, 1.54) is 33.4 Å². The molecule has 2 nitrogen and oxygen atoms in total. The van der Waals surface area contributed by atoms with E-state index in [1.54, 1.807) is 0 Å². The fourth-order valence-electron chi connectivity index (χ4n) is 5.59. The maximum Gasteiger partial charge on any atom is 0.122 e. The van der Waals surface area contributed by atoms with Crippen LogP contribution >= 0.6 is 0 Å². The largest absolute Gasteiger partial charge is 0.507 e. The lowest BCUT2D eigenvalue weighted by Gasteiger charge is -2.29. The second kappa shape index (κ2) is 10.4. The Labute approximate surface area is 184 Å². The predicted molar refractivity (Wildman–Crippen MR) is 130 cm³/mol. The minimum Gasteiger partial charge on any atom is -0.507 e. The summed E-state index contributed by atoms with van der Waals surface area (Å²) < 4.78 is 0. The summed E-state index contributed by atoms with van der Waals surface area (Å²) in [6.07, 6.45) is 6.95. The van der Waals surface area contributed by atoms with Gasteiger partial charge in [-0.25, -0.2) is 0 Å². The van der Waals surface area contributed by atoms with Gasteiger partial charge in [-0.3, -0.25) is 0 Å². The van der Waals surface area contributed by atoms with Crippen LogP contribution in [0.2, 0.25) is 0 Å². The summed E-state index contributed by atoms with van der Waals surface area (Å²) in [5, 5.41) is 22.3. The average molecular weight is 411 g/mol. The Bertz CT molecular complexity index is 764. The van der Waals surface area contributed by atoms with Gasteiger partial charge < -0.3 is 10.2 Å². The van der Waals surface area contributed by atoms with Crippen molar-refractivity contribution in [1.82, 2.24) is 0 Å². The monoisotopic (exact) mass is 410 g/mol. The number of phenolic OH excluding ortho intramolecular Hbond substituents is 2. The van der Waals surface area contributed by atoms with Gasteiger partial charge in [0, 0.05) is 0 Å². The van der Waals surface area contributed by atoms with E-state index in [1.807, 2.05) is 0 Å². The third-order valence-corrected chi connectivity index (χ3v) is 6.89. The topological polar surface area (TPSA) is 40.5 Å². The molecule has 2 aromatic carbocycles. The standard InChI is InChI=1S/C28H42O2/c1-9-17-21(13-5)27(29)22(14-6)18(10-2)25(17)26-19(11-3)23(15-7)28(30)24(16-8)20(26)12-4/h29-30H,9-16H2,1-8H3. The SMILES string of the molecule is CCc1c(O)c(CC)c(CC)c(-c2c(CC)c(CC)c(O)c(CC)c2CC)c1CC. The average Bonchev–Trinajstić information content (AvgIpc) is 2.76. The van der Waals surface area contributed by atoms with E-state index in [2.05, 4.69) is 55.4 Å². The zero-order valence-electron chi connectivity index (χ0n) is 20.6. The van der Waals surface area contributed by atoms with Crippen molar-refractivity contribution in [1.29, 1.82) is 0 Å². The van der Waals surface area contributed by atoms with Crippen LogP contribution in [-0.2, 0) is 51.4 Å². The Balaban J connectivity index is 3.25. The van der Waals surface area contributed by atoms with Gasteiger partial charge in [-0.1, -0.05) is 55.4 Å². The van der Waals surface area contributed by atoms with Gasteiger partial charge >= 0.3 is 0 Å². The van der Waals surface area contributed by atoms with E-state index in [4.69, 9.17) is 0 Å². The van der Waals surface area contributed by atoms with Crippen LogP contribution in [0.1, 0.15) is 99.9 Å². The first-order valence-electron chi connectivity index (χ1n) is 12.2. The number of hydrogen-bond acceptors (Lipinski definition) is 2. The molecule has 0 saturated heterocycles. The second-order valence-electron chi connectivity index (χ2n) is 8.10. The molecule has 0 unspecified atom stereocenters. The fraction of sp³-hybridized carbons (Fsp3) is 0.571. The van der Waals surface area contributed by atoms with Crippen LogP contribution in [0.5, 0.6) is 11.5 Å². The van der Waals surface area contributed by atoms with Crippen molar-refractivity contribution in [2.45, 2.75) is 107 Å². The van der Waals surface area contributed by atoms with Crippen LogP contribution in [-0.4, -0.2) is 10.2 Å². The Morgan fingerprint density at radius 1 is 0.333 bits per heavy atom. The molecule has 0 aromatic heterocycles. The maximum atomic E-state index is 11.1. The summed E-state index contributed by atoms with van der Waals surface area (Å²) in [4.78, 5) is 0. The summed E-state index contributed by atoms with van der Waals surface area (Å²) >= 11 is 0. The van der Waals surface area contributed by atoms with E-state index >= 15 is 0 Å². The molecule has 0 radical (unpaired) electrons. The smallest absolute Gasteiger partial charge is 0.122 e. The zero-order valence-corrected chi connectivity index (χ0v) is 20.6. The van der Waals surface area contributed by atoms with E-state index in [-0.39, 0.29) is 0 Å². The summed E-state index contributed by atoms with van der Waals surface area (Å²) in [6.45, 7) is 17.4. The first-order chi connectivity index (χ1) is 14.4. The highest BCUT2D eigenvalue weighted by Gasteiger charge is 2.27. The van der Waals surface area contributed by atoms with Crippen molar-refractivity contribution in [2.75, 3.05) is 0 Å². The molecule has 0 bridgehead atoms. The molecule has 30 heavy (non-hydrogen) atoms. The molecule has 0 aliphatic carbocycles. The molecular formula is C28H42O2. The normalized spacial score (nSPS) is 11.3. The molecule has 0 saturated carbocycles. The molecule has 2 heteroatoms. The number of aromatic hydroxyl groups is 2. The second-order valence-corrected chi connectivity index (χ2v) is 8.10. The molecule has 2 rings (SSSR count). The quantitative estimate of drug-likeness (QED) is 0.456. The Kier molecular flexibility index (Phi) is 8.41. The first-order valence-corrected chi connectivity index (χ1v) is 12.2. The number of hydrogen-bond donors (Lipinski definition) is 2. The third-order valence-electron chi connectivity index (χ3n) is 6.89. The van der Waals surface area contributed by atoms with Gasteiger partial charge in [0.2, 0.25) is 0 Å². The molecule has 2 aromatic rings. The Morgan fingerprint density at radius 2 is 0.500 bits per heavy atom. The highest BCUT2D eigenvalue weighted by Crippen LogP contribution is 2.47. The van der Waals surface area contributed by atoms with E-state index in [9.17, 15) is 10.2 Å². The fourth-order valence-corrected chi connectivity index (χ4v) is 5.59. The van der Waals surface area contributed by atoms with Crippen LogP contribution in [0.25, 0.3) is 11.1 Å². The minimum absolute atomic E-state index is 0.513. The molecule has 0 fully saturated rings. The van der Waals surface area contributed by atoms with Gasteiger partial charge in [-0.2, -0.15) is 0 Å². The molecule has 0 aliphatic rings. The summed E-state index contributed by atoms with van der Waals surface area (Å²) in [6, 6.07) is 0. The molecule has 0 heterocycles. The molecule has 0 amide bonds. The van der Waals surface area contributed by atoms with E-state index < -0.39 is 0 Å². The summed E-state index contributed by atoms with van der Waals surface area (Å²) in [7, 11) is 0. The third kappa shape index (κ3) is 3.74. The zero-order chi connectivity index (χ0) is 22.6. The van der Waals surface area contributed by atoms with Crippen molar-refractivity contribution in [2.24, 2.45) is 0 Å². The highest BCUT2D eigenvalue weighted by molar-refractivity contribution is 5.84. The van der Waals surface area contributed by atoms with Gasteiger partial charge in [0.1, 0.15) is 11.5 Å². The first kappa shape index (κ1) is 24.3. The van der Waals surface area contributed by atoms with Gasteiger partial charge in [-0.15, -0.1) is 0 Å². The van der Waals surface area contributed by atoms with Gasteiger partial charge in [0.25, 0.3) is 0 Å². The lowest BCUT2D eigenvalue weighted by molar-refractivity contribution is 0.459. The van der Waals surface area contributed by atoms with Crippen molar-refractivity contribution in [3.05, 3.63) is 44.5 Å². The maximum absolute atomic E-state index is 11.1. The van der Waals surface area contributed by atoms with Gasteiger partial charge in [0.15, 0.2) is 0 Å². The lowest BCUT2D eigenvalue weighted by Crippen LogP contribution is -2.11. The number of phenols is 2. The van der Waals surface area contributed by atoms with Crippen LogP contribution < -0.4 is 0 Å². The van der Waals surface area contributed by atoms with Crippen molar-refractivity contribution >= 4 is 0 Å². The van der Waals surface area contributed by atoms with Crippen LogP contribution in [0.15, 0.2) is 0 Å². The molecule has 166 valence electrons. The van der Waals surface area contributed by atoms with Gasteiger partial charge in [-0.05, 0) is 107 Å². The van der Waals surface area contributed by atoms with Crippen molar-refractivity contribution in [3.63, 3.8) is 0 Å². The number of benzene rings is 2. The molecular weight excluding hydrogens is 368 g/mol. The summed E-state index contributed by atoms with van der Waals surface area (Å²) in [5.74, 6) is 1.03. The summed E-state index contributed by atoms with van der Waals surface area (Å²) in [5.41, 5.74) is 12.3. The molecule has 0 atom stereocenters. The number of rotatable bonds is 9. The minimum atomic E-state index is 0.513. The molecule has 2 N–H and O–H groups in total. The van der Waals surface area contributed by atoms with Crippen LogP contribution in [0, 0.1) is 0 Å². The van der Waals surface area contributed by atoms with Crippen LogP contribution in [0.3, 0.4) is 0 Å². The molecule has 0 spiro atoms. The predicted octanol–water partition coefficient (Wildman–Crippen LogP) is 7.26. The van der Waals surface area contributed by atoms with Crippen LogP contribution in [0.4, 0.5) is 0 Å². The van der Waals surface area contributed by atoms with Crippen molar-refractivity contribution in [3.8, 4) is 22.6 Å². The highest BCUT2D eigenvalue weighted by atomic mass is 16.3. The van der Waals surface area contributed by atoms with E-state index in [0.717, 1.165) is 73.6 Å².